The molecule has 1 atom stereocenters. The molecule has 8 nitrogen and oxygen atoms in total. The zero-order chi connectivity index (χ0) is 24.9. The fourth-order valence-electron chi connectivity index (χ4n) is 4.13. The standard InChI is InChI=1S/C26H25FN6O2S/c1-32-25(29-30-31-32)36-17-22-16-33(26(34)35-22)21-9-10-23(24(27)15-21)20-7-5-18(6-8-20)3-2-4-19-11-13-28-14-12-19/h5-15,22H,2-4,16-17H2,1H3/t22-/m1/s1. The van der Waals surface area contributed by atoms with Crippen molar-refractivity contribution in [2.45, 2.75) is 30.5 Å². The van der Waals surface area contributed by atoms with Crippen molar-refractivity contribution in [3.8, 4) is 11.1 Å². The molecule has 5 rings (SSSR count). The number of ether oxygens (including phenoxy) is 1. The minimum atomic E-state index is -0.486. The zero-order valence-electron chi connectivity index (χ0n) is 19.7. The first-order valence-electron chi connectivity index (χ1n) is 11.7. The van der Waals surface area contributed by atoms with Crippen LogP contribution in [0.3, 0.4) is 0 Å². The third-order valence-electron chi connectivity index (χ3n) is 6.06. The van der Waals surface area contributed by atoms with Crippen molar-refractivity contribution in [1.82, 2.24) is 25.2 Å². The van der Waals surface area contributed by atoms with Crippen molar-refractivity contribution >= 4 is 23.5 Å². The highest BCUT2D eigenvalue weighted by molar-refractivity contribution is 7.99. The average molecular weight is 505 g/mol. The van der Waals surface area contributed by atoms with Crippen molar-refractivity contribution in [2.75, 3.05) is 17.2 Å². The Morgan fingerprint density at radius 2 is 1.81 bits per heavy atom. The van der Waals surface area contributed by atoms with Crippen LogP contribution in [0.1, 0.15) is 17.5 Å². The first-order valence-corrected chi connectivity index (χ1v) is 12.7. The number of nitrogens with zero attached hydrogens (tertiary/aromatic N) is 6. The van der Waals surface area contributed by atoms with Crippen molar-refractivity contribution in [2.24, 2.45) is 7.05 Å². The molecule has 1 amide bonds. The summed E-state index contributed by atoms with van der Waals surface area (Å²) in [6.45, 7) is 0.337. The van der Waals surface area contributed by atoms with Crippen molar-refractivity contribution < 1.29 is 13.9 Å². The number of benzene rings is 2. The van der Waals surface area contributed by atoms with Crippen LogP contribution in [0.2, 0.25) is 0 Å². The third kappa shape index (κ3) is 5.54. The van der Waals surface area contributed by atoms with Crippen LogP contribution in [0.15, 0.2) is 72.1 Å². The summed E-state index contributed by atoms with van der Waals surface area (Å²) in [5.74, 6) is 0.125. The molecule has 36 heavy (non-hydrogen) atoms. The van der Waals surface area contributed by atoms with E-state index >= 15 is 4.39 Å². The third-order valence-corrected chi connectivity index (χ3v) is 7.21. The second kappa shape index (κ2) is 10.9. The lowest BCUT2D eigenvalue weighted by Crippen LogP contribution is -2.25. The van der Waals surface area contributed by atoms with Gasteiger partial charge >= 0.3 is 6.09 Å². The van der Waals surface area contributed by atoms with E-state index in [0.717, 1.165) is 24.8 Å². The van der Waals surface area contributed by atoms with Gasteiger partial charge in [-0.2, -0.15) is 0 Å². The number of halogens is 1. The first-order chi connectivity index (χ1) is 17.6. The van der Waals surface area contributed by atoms with Gasteiger partial charge in [-0.3, -0.25) is 9.88 Å². The Balaban J connectivity index is 1.19. The number of tetrazole rings is 1. The van der Waals surface area contributed by atoms with Gasteiger partial charge in [0, 0.05) is 30.8 Å². The lowest BCUT2D eigenvalue weighted by molar-refractivity contribution is 0.151. The molecule has 1 aliphatic rings. The number of carbonyl (C=O) groups is 1. The van der Waals surface area contributed by atoms with E-state index in [-0.39, 0.29) is 11.9 Å². The molecule has 1 aliphatic heterocycles. The SMILES string of the molecule is Cn1nnnc1SC[C@H]1CN(c2ccc(-c3ccc(CCCc4ccncc4)cc3)c(F)c2)C(=O)O1. The monoisotopic (exact) mass is 504 g/mol. The van der Waals surface area contributed by atoms with E-state index in [9.17, 15) is 4.79 Å². The molecule has 2 aromatic carbocycles. The minimum absolute atomic E-state index is 0.337. The highest BCUT2D eigenvalue weighted by Crippen LogP contribution is 2.30. The van der Waals surface area contributed by atoms with Crippen LogP contribution in [-0.4, -0.2) is 49.7 Å². The number of anilines is 1. The second-order valence-corrected chi connectivity index (χ2v) is 9.57. The summed E-state index contributed by atoms with van der Waals surface area (Å²) in [5.41, 5.74) is 4.26. The fourth-order valence-corrected chi connectivity index (χ4v) is 4.96. The molecule has 0 bridgehead atoms. The largest absolute Gasteiger partial charge is 0.443 e. The maximum atomic E-state index is 15.1. The molecule has 2 aromatic heterocycles. The smallest absolute Gasteiger partial charge is 0.414 e. The summed E-state index contributed by atoms with van der Waals surface area (Å²) in [5, 5.41) is 11.9. The van der Waals surface area contributed by atoms with Gasteiger partial charge in [0.1, 0.15) is 11.9 Å². The van der Waals surface area contributed by atoms with Gasteiger partial charge in [0.2, 0.25) is 5.16 Å². The van der Waals surface area contributed by atoms with E-state index in [1.165, 1.54) is 33.9 Å². The quantitative estimate of drug-likeness (QED) is 0.305. The molecule has 0 aliphatic carbocycles. The summed E-state index contributed by atoms with van der Waals surface area (Å²) in [4.78, 5) is 17.9. The van der Waals surface area contributed by atoms with Crippen LogP contribution in [0.5, 0.6) is 0 Å². The van der Waals surface area contributed by atoms with Gasteiger partial charge in [0.25, 0.3) is 0 Å². The van der Waals surface area contributed by atoms with Crippen LogP contribution >= 0.6 is 11.8 Å². The van der Waals surface area contributed by atoms with E-state index in [1.807, 2.05) is 48.8 Å². The van der Waals surface area contributed by atoms with Gasteiger partial charge in [-0.15, -0.1) is 5.10 Å². The number of aromatic nitrogens is 5. The van der Waals surface area contributed by atoms with E-state index in [4.69, 9.17) is 4.74 Å². The summed E-state index contributed by atoms with van der Waals surface area (Å²) in [6, 6.07) is 16.9. The highest BCUT2D eigenvalue weighted by atomic mass is 32.2. The Bertz CT molecular complexity index is 1330. The number of hydrogen-bond acceptors (Lipinski definition) is 7. The summed E-state index contributed by atoms with van der Waals surface area (Å²) in [6.07, 6.45) is 5.78. The topological polar surface area (TPSA) is 86.0 Å². The van der Waals surface area contributed by atoms with Crippen LogP contribution in [0.4, 0.5) is 14.9 Å². The second-order valence-electron chi connectivity index (χ2n) is 8.58. The van der Waals surface area contributed by atoms with E-state index in [0.29, 0.717) is 28.7 Å². The minimum Gasteiger partial charge on any atom is -0.443 e. The summed E-state index contributed by atoms with van der Waals surface area (Å²) < 4.78 is 22.1. The normalized spacial score (nSPS) is 15.3. The Labute approximate surface area is 212 Å². The number of cyclic esters (lactones) is 1. The molecule has 1 fully saturated rings. The Kier molecular flexibility index (Phi) is 7.22. The van der Waals surface area contributed by atoms with Crippen molar-refractivity contribution in [1.29, 1.82) is 0 Å². The van der Waals surface area contributed by atoms with Crippen LogP contribution in [0.25, 0.3) is 11.1 Å². The van der Waals surface area contributed by atoms with E-state index < -0.39 is 6.09 Å². The number of aryl methyl sites for hydroxylation is 3. The molecule has 0 radical (unpaired) electrons. The molecule has 0 unspecified atom stereocenters. The van der Waals surface area contributed by atoms with Crippen molar-refractivity contribution in [3.05, 3.63) is 83.9 Å². The molecule has 4 aromatic rings. The van der Waals surface area contributed by atoms with Crippen LogP contribution in [-0.2, 0) is 24.6 Å². The Morgan fingerprint density at radius 1 is 1.06 bits per heavy atom. The molecule has 1 saturated heterocycles. The average Bonchev–Trinajstić information content (AvgIpc) is 3.48. The highest BCUT2D eigenvalue weighted by Gasteiger charge is 2.33. The van der Waals surface area contributed by atoms with Crippen LogP contribution < -0.4 is 4.90 Å². The number of thioether (sulfide) groups is 1. The molecule has 0 N–H and O–H groups in total. The molecule has 0 saturated carbocycles. The lowest BCUT2D eigenvalue weighted by Gasteiger charge is -2.14. The fraction of sp³-hybridized carbons (Fsp3) is 0.269. The number of hydrogen-bond donors (Lipinski definition) is 0. The van der Waals surface area contributed by atoms with E-state index in [1.54, 1.807) is 23.9 Å². The molecule has 0 spiro atoms. The Morgan fingerprint density at radius 3 is 2.50 bits per heavy atom. The molecule has 184 valence electrons. The number of pyridine rings is 1. The van der Waals surface area contributed by atoms with Crippen LogP contribution in [0, 0.1) is 5.82 Å². The van der Waals surface area contributed by atoms with Crippen molar-refractivity contribution in [3.63, 3.8) is 0 Å². The van der Waals surface area contributed by atoms with Gasteiger partial charge in [-0.1, -0.05) is 36.0 Å². The number of rotatable bonds is 9. The van der Waals surface area contributed by atoms with E-state index in [2.05, 4.69) is 20.5 Å². The summed E-state index contributed by atoms with van der Waals surface area (Å²) >= 11 is 1.40. The summed E-state index contributed by atoms with van der Waals surface area (Å²) in [7, 11) is 1.75. The van der Waals surface area contributed by atoms with Gasteiger partial charge in [-0.25, -0.2) is 13.9 Å². The molecular formula is C26H25FN6O2S. The molecule has 10 heteroatoms. The lowest BCUT2D eigenvalue weighted by atomic mass is 10.00. The molecule has 3 heterocycles. The predicted molar refractivity (Wildman–Crippen MR) is 135 cm³/mol. The number of carbonyl (C=O) groups excluding carboxylic acids is 1. The zero-order valence-corrected chi connectivity index (χ0v) is 20.6. The van der Waals surface area contributed by atoms with Gasteiger partial charge < -0.3 is 4.74 Å². The van der Waals surface area contributed by atoms with Gasteiger partial charge in [-0.05, 0) is 76.7 Å². The maximum absolute atomic E-state index is 15.1. The first kappa shape index (κ1) is 23.9. The molecular weight excluding hydrogens is 479 g/mol. The predicted octanol–water partition coefficient (Wildman–Crippen LogP) is 4.70. The Hall–Kier alpha value is -3.79. The van der Waals surface area contributed by atoms with Gasteiger partial charge in [0.05, 0.1) is 12.2 Å². The maximum Gasteiger partial charge on any atom is 0.414 e. The van der Waals surface area contributed by atoms with Gasteiger partial charge in [0.15, 0.2) is 0 Å². The number of amides is 1.